The summed E-state index contributed by atoms with van der Waals surface area (Å²) in [5.41, 5.74) is 8.62. The van der Waals surface area contributed by atoms with Crippen LogP contribution in [0.4, 0.5) is 0 Å². The first kappa shape index (κ1) is 30.5. The largest absolute Gasteiger partial charge is 0.208 e. The molecule has 1 aromatic heterocycles. The van der Waals surface area contributed by atoms with E-state index in [1.807, 2.05) is 72.8 Å². The van der Waals surface area contributed by atoms with Gasteiger partial charge < -0.3 is 0 Å². The number of rotatable bonds is 7. The average Bonchev–Trinajstić information content (AvgIpc) is 3.42. The van der Waals surface area contributed by atoms with Crippen LogP contribution in [0.1, 0.15) is 9.60 Å². The molecule has 12 aromatic rings. The van der Waals surface area contributed by atoms with Crippen LogP contribution < -0.4 is 0 Å². The predicted octanol–water partition coefficient (Wildman–Crippen LogP) is 16.2. The lowest BCUT2D eigenvalue weighted by atomic mass is 9.93. The summed E-state index contributed by atoms with van der Waals surface area (Å²) in [6, 6.07) is 62.6. The maximum absolute atomic E-state index is 9.53. The summed E-state index contributed by atoms with van der Waals surface area (Å²) < 4.78 is 62.3. The van der Waals surface area contributed by atoms with Crippen LogP contribution in [0.3, 0.4) is 0 Å². The van der Waals surface area contributed by atoms with E-state index < -0.39 is 24.2 Å². The molecule has 3 heteroatoms. The average molecular weight is 821 g/mol. The Hall–Kier alpha value is -8.53. The fourth-order valence-corrected chi connectivity index (χ4v) is 8.61. The minimum absolute atomic E-state index is 0.0545. The van der Waals surface area contributed by atoms with Crippen molar-refractivity contribution in [1.29, 1.82) is 0 Å². The summed E-state index contributed by atoms with van der Waals surface area (Å²) in [6.45, 7) is 0. The van der Waals surface area contributed by atoms with E-state index in [0.29, 0.717) is 28.6 Å². The van der Waals surface area contributed by atoms with E-state index in [-0.39, 0.29) is 34.5 Å². The molecule has 1 heterocycles. The molecule has 0 saturated carbocycles. The number of hydrogen-bond acceptors (Lipinski definition) is 3. The molecule has 0 spiro atoms. The monoisotopic (exact) mass is 820 g/mol. The molecule has 0 unspecified atom stereocenters. The summed E-state index contributed by atoms with van der Waals surface area (Å²) in [4.78, 5) is 15.3. The van der Waals surface area contributed by atoms with Gasteiger partial charge >= 0.3 is 0 Å². The molecule has 0 bridgehead atoms. The molecule has 0 atom stereocenters. The highest BCUT2D eigenvalue weighted by atomic mass is 15.0. The Morgan fingerprint density at radius 2 is 0.766 bits per heavy atom. The van der Waals surface area contributed by atoms with Gasteiger partial charge in [-0.2, -0.15) is 0 Å². The molecule has 0 fully saturated rings. The summed E-state index contributed by atoms with van der Waals surface area (Å²) in [7, 11) is 0. The number of nitrogens with zero attached hydrogens (tertiary/aromatic N) is 3. The van der Waals surface area contributed by atoms with Crippen molar-refractivity contribution < 1.29 is 9.60 Å². The molecule has 11 aromatic carbocycles. The first-order chi connectivity index (χ1) is 34.6. The highest BCUT2D eigenvalue weighted by Gasteiger charge is 2.16. The third-order valence-corrected chi connectivity index (χ3v) is 11.9. The van der Waals surface area contributed by atoms with Crippen molar-refractivity contribution >= 4 is 43.1 Å². The molecule has 0 amide bonds. The van der Waals surface area contributed by atoms with Crippen molar-refractivity contribution in [3.05, 3.63) is 236 Å². The van der Waals surface area contributed by atoms with Crippen molar-refractivity contribution in [3.63, 3.8) is 0 Å². The molecular formula is C61H39N3. The van der Waals surface area contributed by atoms with Crippen molar-refractivity contribution in [3.8, 4) is 78.7 Å². The fraction of sp³-hybridized carbons (Fsp3) is 0. The van der Waals surface area contributed by atoms with Gasteiger partial charge in [0.15, 0.2) is 17.5 Å². The van der Waals surface area contributed by atoms with Gasteiger partial charge in [-0.25, -0.2) is 15.0 Å². The van der Waals surface area contributed by atoms with Gasteiger partial charge in [0.05, 0.1) is 9.60 Å². The molecule has 0 aliphatic heterocycles. The second-order valence-electron chi connectivity index (χ2n) is 15.9. The van der Waals surface area contributed by atoms with Crippen molar-refractivity contribution in [2.45, 2.75) is 0 Å². The minimum Gasteiger partial charge on any atom is -0.208 e. The number of hydrogen-bond donors (Lipinski definition) is 0. The van der Waals surface area contributed by atoms with E-state index in [4.69, 9.17) is 21.8 Å². The molecular weight excluding hydrogens is 775 g/mol. The van der Waals surface area contributed by atoms with Gasteiger partial charge in [0, 0.05) is 16.7 Å². The standard InChI is InChI=1S/C61H39N3/c1-3-12-40(13-4-1)45-24-25-47-34-51(27-26-46(47)33-45)55-37-54(50-23-22-41-14-7-8-18-44(41)32-50)38-56(39-55)61-63-59(43-16-5-2-6-17-43)62-60(64-61)53-31-29-48-35-52(30-28-49(48)36-53)58-21-11-19-42-15-9-10-20-57(42)58/h1-39H/i7D,8D,14D,18D,22D,23D,32D. The van der Waals surface area contributed by atoms with Crippen LogP contribution >= 0.6 is 0 Å². The third kappa shape index (κ3) is 7.05. The fourth-order valence-electron chi connectivity index (χ4n) is 8.61. The zero-order valence-electron chi connectivity index (χ0n) is 41.3. The van der Waals surface area contributed by atoms with Crippen LogP contribution in [0.15, 0.2) is 236 Å². The SMILES string of the molecule is [2H]c1c([2H])c([2H])c2c([2H])c(-c3cc(-c4ccc5cc(-c6ccccc6)ccc5c4)cc(-c4nc(-c5ccccc5)nc(-c5ccc6cc(-c7cccc8ccccc78)ccc6c5)n4)c3)c([2H])c([2H])c2c1[2H]. The number of aromatic nitrogens is 3. The molecule has 0 N–H and O–H groups in total. The van der Waals surface area contributed by atoms with E-state index in [1.165, 1.54) is 10.8 Å². The van der Waals surface area contributed by atoms with Gasteiger partial charge in [0.25, 0.3) is 0 Å². The Kier molecular flexibility index (Phi) is 7.50. The Balaban J connectivity index is 1.05. The summed E-state index contributed by atoms with van der Waals surface area (Å²) in [5, 5.41) is 6.21. The highest BCUT2D eigenvalue weighted by molar-refractivity contribution is 6.00. The summed E-state index contributed by atoms with van der Waals surface area (Å²) in [6.07, 6.45) is 0. The second kappa shape index (κ2) is 15.7. The molecule has 0 radical (unpaired) electrons. The minimum atomic E-state index is -0.518. The zero-order chi connectivity index (χ0) is 48.5. The molecule has 0 aliphatic carbocycles. The van der Waals surface area contributed by atoms with E-state index in [2.05, 4.69) is 115 Å². The van der Waals surface area contributed by atoms with Gasteiger partial charge in [0.1, 0.15) is 0 Å². The van der Waals surface area contributed by atoms with Gasteiger partial charge in [-0.3, -0.25) is 0 Å². The Morgan fingerprint density at radius 3 is 1.48 bits per heavy atom. The van der Waals surface area contributed by atoms with E-state index in [9.17, 15) is 2.74 Å². The Labute approximate surface area is 381 Å². The molecule has 0 saturated heterocycles. The lowest BCUT2D eigenvalue weighted by Crippen LogP contribution is -2.00. The van der Waals surface area contributed by atoms with Crippen molar-refractivity contribution in [2.24, 2.45) is 0 Å². The van der Waals surface area contributed by atoms with Crippen LogP contribution in [0.2, 0.25) is 0 Å². The van der Waals surface area contributed by atoms with Gasteiger partial charge in [-0.05, 0) is 136 Å². The Bertz CT molecular complexity index is 4140. The van der Waals surface area contributed by atoms with E-state index in [0.717, 1.165) is 66.1 Å². The molecule has 64 heavy (non-hydrogen) atoms. The lowest BCUT2D eigenvalue weighted by molar-refractivity contribution is 1.07. The molecule has 0 aliphatic rings. The first-order valence-corrected chi connectivity index (χ1v) is 21.2. The van der Waals surface area contributed by atoms with Crippen LogP contribution in [0.5, 0.6) is 0 Å². The van der Waals surface area contributed by atoms with Crippen LogP contribution in [0, 0.1) is 0 Å². The van der Waals surface area contributed by atoms with Crippen molar-refractivity contribution in [2.75, 3.05) is 0 Å². The van der Waals surface area contributed by atoms with Gasteiger partial charge in [-0.1, -0.05) is 188 Å². The van der Waals surface area contributed by atoms with Crippen LogP contribution in [-0.2, 0) is 0 Å². The van der Waals surface area contributed by atoms with Gasteiger partial charge in [-0.15, -0.1) is 0 Å². The smallest absolute Gasteiger partial charge is 0.164 e. The van der Waals surface area contributed by atoms with Gasteiger partial charge in [0.2, 0.25) is 0 Å². The second-order valence-corrected chi connectivity index (χ2v) is 15.9. The maximum atomic E-state index is 9.53. The van der Waals surface area contributed by atoms with Crippen LogP contribution in [-0.4, -0.2) is 15.0 Å². The topological polar surface area (TPSA) is 38.7 Å². The zero-order valence-corrected chi connectivity index (χ0v) is 34.3. The normalized spacial score (nSPS) is 13.0. The third-order valence-electron chi connectivity index (χ3n) is 11.9. The van der Waals surface area contributed by atoms with E-state index >= 15 is 0 Å². The first-order valence-electron chi connectivity index (χ1n) is 24.7. The summed E-state index contributed by atoms with van der Waals surface area (Å²) >= 11 is 0. The Morgan fingerprint density at radius 1 is 0.266 bits per heavy atom. The molecule has 12 rings (SSSR count). The van der Waals surface area contributed by atoms with E-state index in [1.54, 1.807) is 6.07 Å². The van der Waals surface area contributed by atoms with Crippen LogP contribution in [0.25, 0.3) is 122 Å². The quantitative estimate of drug-likeness (QED) is 0.161. The predicted molar refractivity (Wildman–Crippen MR) is 268 cm³/mol. The number of fused-ring (bicyclic) bond motifs is 4. The lowest BCUT2D eigenvalue weighted by Gasteiger charge is -2.14. The number of benzene rings is 11. The molecule has 298 valence electrons. The highest BCUT2D eigenvalue weighted by Crippen LogP contribution is 2.37. The maximum Gasteiger partial charge on any atom is 0.164 e. The van der Waals surface area contributed by atoms with Crippen molar-refractivity contribution in [1.82, 2.24) is 15.0 Å². The summed E-state index contributed by atoms with van der Waals surface area (Å²) in [5.74, 6) is 1.23. The molecule has 3 nitrogen and oxygen atoms in total.